The Labute approximate surface area is 119 Å². The summed E-state index contributed by atoms with van der Waals surface area (Å²) in [6.45, 7) is 0. The van der Waals surface area contributed by atoms with Crippen molar-refractivity contribution >= 4 is 28.5 Å². The van der Waals surface area contributed by atoms with Gasteiger partial charge in [-0.05, 0) is 24.3 Å². The number of nitrogens with two attached hydrogens (primary N) is 1. The van der Waals surface area contributed by atoms with E-state index in [1.54, 1.807) is 36.5 Å². The van der Waals surface area contributed by atoms with Crippen LogP contribution in [-0.4, -0.2) is 26.8 Å². The molecule has 0 radical (unpaired) electrons. The number of benzene rings is 1. The number of anilines is 1. The maximum atomic E-state index is 12.3. The summed E-state index contributed by atoms with van der Waals surface area (Å²) < 4.78 is 0. The Balaban J connectivity index is 2.00. The molecule has 104 valence electrons. The third-order valence-electron chi connectivity index (χ3n) is 2.91. The molecule has 0 aliphatic heterocycles. The molecule has 4 N–H and O–H groups in total. The normalized spacial score (nSPS) is 10.5. The Bertz CT molecular complexity index is 826. The van der Waals surface area contributed by atoms with Crippen LogP contribution < -0.4 is 11.1 Å². The van der Waals surface area contributed by atoms with Gasteiger partial charge < -0.3 is 16.0 Å². The lowest BCUT2D eigenvalue weighted by Gasteiger charge is -2.04. The van der Waals surface area contributed by atoms with Crippen molar-refractivity contribution in [3.63, 3.8) is 0 Å². The largest absolute Gasteiger partial charge is 0.363 e. The number of H-pyrrole nitrogens is 1. The summed E-state index contributed by atoms with van der Waals surface area (Å²) in [5.74, 6) is -0.993. The molecule has 2 heterocycles. The number of aromatic nitrogens is 3. The van der Waals surface area contributed by atoms with E-state index >= 15 is 0 Å². The van der Waals surface area contributed by atoms with Crippen molar-refractivity contribution < 1.29 is 9.59 Å². The molecule has 2 aromatic heterocycles. The maximum Gasteiger partial charge on any atom is 0.284 e. The van der Waals surface area contributed by atoms with E-state index in [1.807, 2.05) is 0 Å². The van der Waals surface area contributed by atoms with E-state index in [-0.39, 0.29) is 11.7 Å². The number of imidazole rings is 1. The summed E-state index contributed by atoms with van der Waals surface area (Å²) in [6.07, 6.45) is 3.15. The van der Waals surface area contributed by atoms with Gasteiger partial charge in [0, 0.05) is 6.20 Å². The van der Waals surface area contributed by atoms with Gasteiger partial charge in [0.15, 0.2) is 5.82 Å². The van der Waals surface area contributed by atoms with Crippen LogP contribution in [0.4, 0.5) is 5.69 Å². The van der Waals surface area contributed by atoms with Crippen molar-refractivity contribution in [2.24, 2.45) is 5.73 Å². The fourth-order valence-electron chi connectivity index (χ4n) is 1.97. The van der Waals surface area contributed by atoms with E-state index in [9.17, 15) is 9.59 Å². The van der Waals surface area contributed by atoms with Crippen LogP contribution in [0.5, 0.6) is 0 Å². The van der Waals surface area contributed by atoms with Crippen LogP contribution in [0.2, 0.25) is 0 Å². The lowest BCUT2D eigenvalue weighted by Crippen LogP contribution is -2.13. The van der Waals surface area contributed by atoms with E-state index in [0.717, 1.165) is 0 Å². The van der Waals surface area contributed by atoms with Gasteiger partial charge in [-0.25, -0.2) is 4.98 Å². The molecule has 0 fully saturated rings. The number of nitrogens with one attached hydrogen (secondary N) is 2. The zero-order valence-corrected chi connectivity index (χ0v) is 10.8. The highest BCUT2D eigenvalue weighted by Gasteiger charge is 2.15. The summed E-state index contributed by atoms with van der Waals surface area (Å²) >= 11 is 0. The van der Waals surface area contributed by atoms with Gasteiger partial charge in [-0.1, -0.05) is 6.07 Å². The fourth-order valence-corrected chi connectivity index (χ4v) is 1.97. The monoisotopic (exact) mass is 281 g/mol. The molecule has 0 bridgehead atoms. The first-order valence-corrected chi connectivity index (χ1v) is 6.15. The minimum atomic E-state index is -0.676. The van der Waals surface area contributed by atoms with Crippen LogP contribution in [-0.2, 0) is 0 Å². The number of carbonyl (C=O) groups is 2. The van der Waals surface area contributed by atoms with Crippen molar-refractivity contribution in [2.45, 2.75) is 0 Å². The minimum Gasteiger partial charge on any atom is -0.363 e. The molecule has 3 rings (SSSR count). The van der Waals surface area contributed by atoms with E-state index in [0.29, 0.717) is 22.3 Å². The van der Waals surface area contributed by atoms with Crippen molar-refractivity contribution in [3.8, 4) is 0 Å². The zero-order valence-electron chi connectivity index (χ0n) is 10.8. The van der Waals surface area contributed by atoms with E-state index < -0.39 is 5.91 Å². The van der Waals surface area contributed by atoms with Gasteiger partial charge >= 0.3 is 0 Å². The number of amides is 2. The van der Waals surface area contributed by atoms with Crippen molar-refractivity contribution in [2.75, 3.05) is 5.32 Å². The molecule has 0 spiro atoms. The Kier molecular flexibility index (Phi) is 3.07. The molecule has 0 unspecified atom stereocenters. The van der Waals surface area contributed by atoms with Gasteiger partial charge in [0.05, 0.1) is 23.0 Å². The van der Waals surface area contributed by atoms with Gasteiger partial charge in [-0.15, -0.1) is 0 Å². The molecule has 0 saturated heterocycles. The molecule has 2 amide bonds. The number of carbonyl (C=O) groups excluding carboxylic acids is 2. The second-order valence-electron chi connectivity index (χ2n) is 4.35. The summed E-state index contributed by atoms with van der Waals surface area (Å²) in [4.78, 5) is 34.2. The molecule has 21 heavy (non-hydrogen) atoms. The Morgan fingerprint density at radius 2 is 2.05 bits per heavy atom. The standard InChI is InChI=1S/C14H11N5O2/c15-12(20)13-18-10-5-1-4-9(11(10)19-13)14(21)17-8-3-2-6-16-7-8/h1-7H,(H2,15,20)(H,17,21)(H,18,19). The Hall–Kier alpha value is -3.22. The Morgan fingerprint density at radius 3 is 2.76 bits per heavy atom. The van der Waals surface area contributed by atoms with Crippen LogP contribution in [0.1, 0.15) is 21.0 Å². The molecular formula is C14H11N5O2. The molecule has 3 aromatic rings. The number of fused-ring (bicyclic) bond motifs is 1. The van der Waals surface area contributed by atoms with E-state index in [2.05, 4.69) is 20.3 Å². The molecule has 0 saturated carbocycles. The molecule has 0 aliphatic rings. The topological polar surface area (TPSA) is 114 Å². The smallest absolute Gasteiger partial charge is 0.284 e. The third-order valence-corrected chi connectivity index (χ3v) is 2.91. The molecule has 7 nitrogen and oxygen atoms in total. The summed E-state index contributed by atoms with van der Waals surface area (Å²) in [6, 6.07) is 8.49. The molecule has 0 atom stereocenters. The van der Waals surface area contributed by atoms with Crippen LogP contribution in [0.25, 0.3) is 11.0 Å². The number of nitrogens with zero attached hydrogens (tertiary/aromatic N) is 2. The fraction of sp³-hybridized carbons (Fsp3) is 0. The van der Waals surface area contributed by atoms with E-state index in [4.69, 9.17) is 5.73 Å². The summed E-state index contributed by atoms with van der Waals surface area (Å²) in [5, 5.41) is 2.72. The van der Waals surface area contributed by atoms with Gasteiger partial charge in [0.1, 0.15) is 5.52 Å². The van der Waals surface area contributed by atoms with Crippen LogP contribution in [0.15, 0.2) is 42.7 Å². The first-order valence-electron chi connectivity index (χ1n) is 6.15. The number of pyridine rings is 1. The van der Waals surface area contributed by atoms with Gasteiger partial charge in [0.2, 0.25) is 0 Å². The predicted octanol–water partition coefficient (Wildman–Crippen LogP) is 1.31. The minimum absolute atomic E-state index is 0.0200. The molecule has 0 aliphatic carbocycles. The highest BCUT2D eigenvalue weighted by atomic mass is 16.2. The lowest BCUT2D eigenvalue weighted by molar-refractivity contribution is 0.0989. The maximum absolute atomic E-state index is 12.3. The highest BCUT2D eigenvalue weighted by Crippen LogP contribution is 2.18. The first kappa shape index (κ1) is 12.8. The average molecular weight is 281 g/mol. The zero-order chi connectivity index (χ0) is 14.8. The summed E-state index contributed by atoms with van der Waals surface area (Å²) in [7, 11) is 0. The molecule has 1 aromatic carbocycles. The first-order chi connectivity index (χ1) is 10.1. The highest BCUT2D eigenvalue weighted by molar-refractivity contribution is 6.12. The van der Waals surface area contributed by atoms with Crippen molar-refractivity contribution in [1.29, 1.82) is 0 Å². The third kappa shape index (κ3) is 2.44. The Morgan fingerprint density at radius 1 is 1.19 bits per heavy atom. The van der Waals surface area contributed by atoms with Crippen LogP contribution in [0.3, 0.4) is 0 Å². The number of para-hydroxylation sites is 1. The second-order valence-corrected chi connectivity index (χ2v) is 4.35. The van der Waals surface area contributed by atoms with Gasteiger partial charge in [-0.2, -0.15) is 0 Å². The van der Waals surface area contributed by atoms with Gasteiger partial charge in [-0.3, -0.25) is 14.6 Å². The number of hydrogen-bond donors (Lipinski definition) is 3. The van der Waals surface area contributed by atoms with E-state index in [1.165, 1.54) is 6.20 Å². The predicted molar refractivity (Wildman–Crippen MR) is 76.8 cm³/mol. The molecule has 7 heteroatoms. The van der Waals surface area contributed by atoms with Crippen molar-refractivity contribution in [1.82, 2.24) is 15.0 Å². The van der Waals surface area contributed by atoms with Crippen LogP contribution in [0, 0.1) is 0 Å². The molecular weight excluding hydrogens is 270 g/mol. The number of rotatable bonds is 3. The average Bonchev–Trinajstić information content (AvgIpc) is 2.92. The number of hydrogen-bond acceptors (Lipinski definition) is 4. The number of aromatic amines is 1. The quantitative estimate of drug-likeness (QED) is 0.671. The summed E-state index contributed by atoms with van der Waals surface area (Å²) in [5.41, 5.74) is 7.08. The second kappa shape index (κ2) is 5.04. The van der Waals surface area contributed by atoms with Crippen molar-refractivity contribution in [3.05, 3.63) is 54.1 Å². The lowest BCUT2D eigenvalue weighted by atomic mass is 10.1. The van der Waals surface area contributed by atoms with Gasteiger partial charge in [0.25, 0.3) is 11.8 Å². The SMILES string of the molecule is NC(=O)c1nc2c(C(=O)Nc3cccnc3)cccc2[nH]1. The van der Waals surface area contributed by atoms with Crippen LogP contribution >= 0.6 is 0 Å². The number of primary amides is 1.